The number of furan rings is 1. The third kappa shape index (κ3) is 3.64. The van der Waals surface area contributed by atoms with Gasteiger partial charge in [0.05, 0.1) is 26.3 Å². The van der Waals surface area contributed by atoms with Crippen LogP contribution in [0.2, 0.25) is 0 Å². The third-order valence-corrected chi connectivity index (χ3v) is 3.26. The molecule has 21 heavy (non-hydrogen) atoms. The Hall–Kier alpha value is -2.27. The van der Waals surface area contributed by atoms with Crippen molar-refractivity contribution in [3.63, 3.8) is 0 Å². The molecule has 1 unspecified atom stereocenters. The molecule has 0 aliphatic heterocycles. The van der Waals surface area contributed by atoms with Gasteiger partial charge in [-0.15, -0.1) is 0 Å². The van der Waals surface area contributed by atoms with E-state index in [4.69, 9.17) is 9.15 Å². The number of esters is 1. The van der Waals surface area contributed by atoms with Crippen LogP contribution in [-0.4, -0.2) is 20.2 Å². The van der Waals surface area contributed by atoms with E-state index < -0.39 is 5.97 Å². The average molecular weight is 289 g/mol. The lowest BCUT2D eigenvalue weighted by molar-refractivity contribution is 0.0600. The quantitative estimate of drug-likeness (QED) is 0.828. The summed E-state index contributed by atoms with van der Waals surface area (Å²) in [5.41, 5.74) is 1.49. The zero-order chi connectivity index (χ0) is 15.2. The number of methoxy groups -OCH3 is 2. The van der Waals surface area contributed by atoms with Crippen LogP contribution in [-0.2, 0) is 11.3 Å². The summed E-state index contributed by atoms with van der Waals surface area (Å²) in [4.78, 5) is 11.4. The highest BCUT2D eigenvalue weighted by Crippen LogP contribution is 2.24. The molecule has 0 saturated carbocycles. The number of hydrogen-bond acceptors (Lipinski definition) is 5. The summed E-state index contributed by atoms with van der Waals surface area (Å²) in [6, 6.07) is 9.61. The Kier molecular flexibility index (Phi) is 5.00. The molecule has 2 rings (SSSR count). The average Bonchev–Trinajstić information content (AvgIpc) is 3.00. The van der Waals surface area contributed by atoms with Crippen molar-refractivity contribution in [3.8, 4) is 5.75 Å². The molecule has 112 valence electrons. The van der Waals surface area contributed by atoms with E-state index in [9.17, 15) is 4.79 Å². The van der Waals surface area contributed by atoms with Crippen molar-refractivity contribution >= 4 is 5.97 Å². The van der Waals surface area contributed by atoms with Gasteiger partial charge in [-0.1, -0.05) is 18.2 Å². The van der Waals surface area contributed by atoms with E-state index in [-0.39, 0.29) is 6.04 Å². The summed E-state index contributed by atoms with van der Waals surface area (Å²) < 4.78 is 15.3. The molecule has 1 aromatic carbocycles. The molecule has 0 fully saturated rings. The summed E-state index contributed by atoms with van der Waals surface area (Å²) in [5.74, 6) is 1.12. The third-order valence-electron chi connectivity index (χ3n) is 3.26. The smallest absolute Gasteiger partial charge is 0.341 e. The van der Waals surface area contributed by atoms with Crippen LogP contribution >= 0.6 is 0 Å². The van der Waals surface area contributed by atoms with Gasteiger partial charge in [-0.2, -0.15) is 0 Å². The zero-order valence-corrected chi connectivity index (χ0v) is 12.4. The normalized spacial score (nSPS) is 12.0. The van der Waals surface area contributed by atoms with Crippen LogP contribution in [0.5, 0.6) is 5.75 Å². The number of carbonyl (C=O) groups excluding carboxylic acids is 1. The van der Waals surface area contributed by atoms with Crippen LogP contribution in [0.4, 0.5) is 0 Å². The van der Waals surface area contributed by atoms with Gasteiger partial charge in [0.25, 0.3) is 0 Å². The highest BCUT2D eigenvalue weighted by molar-refractivity contribution is 5.88. The van der Waals surface area contributed by atoms with Crippen LogP contribution in [0.3, 0.4) is 0 Å². The Labute approximate surface area is 123 Å². The van der Waals surface area contributed by atoms with Gasteiger partial charge >= 0.3 is 5.97 Å². The van der Waals surface area contributed by atoms with E-state index in [1.165, 1.54) is 13.4 Å². The van der Waals surface area contributed by atoms with Gasteiger partial charge in [0.15, 0.2) is 0 Å². The van der Waals surface area contributed by atoms with E-state index in [0.717, 1.165) is 11.3 Å². The van der Waals surface area contributed by atoms with Crippen molar-refractivity contribution in [2.45, 2.75) is 19.5 Å². The second-order valence-corrected chi connectivity index (χ2v) is 4.64. The van der Waals surface area contributed by atoms with Crippen LogP contribution in [0.25, 0.3) is 0 Å². The Morgan fingerprint density at radius 2 is 2.10 bits per heavy atom. The first-order valence-corrected chi connectivity index (χ1v) is 6.67. The Balaban J connectivity index is 1.99. The highest BCUT2D eigenvalue weighted by atomic mass is 16.5. The summed E-state index contributed by atoms with van der Waals surface area (Å²) in [5, 5.41) is 3.33. The standard InChI is InChI=1S/C16H19NO4/c1-11(14-6-4-5-7-15(14)19-2)17-9-13-8-12(10-21-13)16(18)20-3/h4-8,10-11,17H,9H2,1-3H3. The van der Waals surface area contributed by atoms with E-state index in [1.54, 1.807) is 13.2 Å². The number of carbonyl (C=O) groups is 1. The summed E-state index contributed by atoms with van der Waals surface area (Å²) >= 11 is 0. The van der Waals surface area contributed by atoms with Gasteiger partial charge in [0.1, 0.15) is 17.8 Å². The monoisotopic (exact) mass is 289 g/mol. The van der Waals surface area contributed by atoms with Crippen LogP contribution in [0, 0.1) is 0 Å². The topological polar surface area (TPSA) is 60.7 Å². The van der Waals surface area contributed by atoms with Crippen molar-refractivity contribution in [2.24, 2.45) is 0 Å². The summed E-state index contributed by atoms with van der Waals surface area (Å²) in [6.45, 7) is 2.55. The summed E-state index contributed by atoms with van der Waals surface area (Å²) in [7, 11) is 3.00. The molecule has 0 aliphatic rings. The minimum Gasteiger partial charge on any atom is -0.496 e. The second-order valence-electron chi connectivity index (χ2n) is 4.64. The van der Waals surface area contributed by atoms with Gasteiger partial charge in [-0.3, -0.25) is 0 Å². The van der Waals surface area contributed by atoms with Crippen LogP contribution < -0.4 is 10.1 Å². The molecule has 5 nitrogen and oxygen atoms in total. The lowest BCUT2D eigenvalue weighted by Gasteiger charge is -2.16. The fraction of sp³-hybridized carbons (Fsp3) is 0.312. The number of nitrogens with one attached hydrogen (secondary N) is 1. The van der Waals surface area contributed by atoms with Gasteiger partial charge in [-0.25, -0.2) is 4.79 Å². The van der Waals surface area contributed by atoms with Crippen molar-refractivity contribution < 1.29 is 18.7 Å². The summed E-state index contributed by atoms with van der Waals surface area (Å²) in [6.07, 6.45) is 1.40. The predicted octanol–water partition coefficient (Wildman–Crippen LogP) is 2.93. The largest absolute Gasteiger partial charge is 0.496 e. The number of rotatable bonds is 6. The molecule has 0 amide bonds. The van der Waals surface area contributed by atoms with Crippen molar-refractivity contribution in [3.05, 3.63) is 53.5 Å². The first-order chi connectivity index (χ1) is 10.2. The molecule has 0 spiro atoms. The highest BCUT2D eigenvalue weighted by Gasteiger charge is 2.13. The number of ether oxygens (including phenoxy) is 2. The Morgan fingerprint density at radius 3 is 2.81 bits per heavy atom. The number of hydrogen-bond donors (Lipinski definition) is 1. The second kappa shape index (κ2) is 6.95. The molecular formula is C16H19NO4. The molecule has 1 heterocycles. The lowest BCUT2D eigenvalue weighted by atomic mass is 10.1. The van der Waals surface area contributed by atoms with Gasteiger partial charge in [0.2, 0.25) is 0 Å². The molecular weight excluding hydrogens is 270 g/mol. The predicted molar refractivity (Wildman–Crippen MR) is 78.3 cm³/mol. The number of para-hydroxylation sites is 1. The Bertz CT molecular complexity index is 606. The molecule has 0 saturated heterocycles. The molecule has 2 aromatic rings. The van der Waals surface area contributed by atoms with Crippen molar-refractivity contribution in [2.75, 3.05) is 14.2 Å². The molecule has 0 aliphatic carbocycles. The van der Waals surface area contributed by atoms with Crippen LogP contribution in [0.1, 0.15) is 34.6 Å². The van der Waals surface area contributed by atoms with E-state index in [1.807, 2.05) is 31.2 Å². The van der Waals surface area contributed by atoms with Crippen molar-refractivity contribution in [1.82, 2.24) is 5.32 Å². The number of benzene rings is 1. The maximum absolute atomic E-state index is 11.4. The SMILES string of the molecule is COC(=O)c1coc(CNC(C)c2ccccc2OC)c1. The minimum atomic E-state index is -0.400. The van der Waals surface area contributed by atoms with Crippen LogP contribution in [0.15, 0.2) is 41.0 Å². The van der Waals surface area contributed by atoms with Gasteiger partial charge < -0.3 is 19.2 Å². The van der Waals surface area contributed by atoms with Crippen molar-refractivity contribution in [1.29, 1.82) is 0 Å². The lowest BCUT2D eigenvalue weighted by Crippen LogP contribution is -2.18. The Morgan fingerprint density at radius 1 is 1.33 bits per heavy atom. The van der Waals surface area contributed by atoms with Gasteiger partial charge in [-0.05, 0) is 19.1 Å². The first kappa shape index (κ1) is 15.1. The van der Waals surface area contributed by atoms with E-state index in [2.05, 4.69) is 10.1 Å². The fourth-order valence-corrected chi connectivity index (χ4v) is 2.09. The van der Waals surface area contributed by atoms with E-state index >= 15 is 0 Å². The fourth-order valence-electron chi connectivity index (χ4n) is 2.09. The molecule has 0 radical (unpaired) electrons. The maximum atomic E-state index is 11.4. The molecule has 1 aromatic heterocycles. The molecule has 0 bridgehead atoms. The molecule has 1 N–H and O–H groups in total. The van der Waals surface area contributed by atoms with E-state index in [0.29, 0.717) is 17.9 Å². The zero-order valence-electron chi connectivity index (χ0n) is 12.4. The molecule has 5 heteroatoms. The molecule has 1 atom stereocenters. The maximum Gasteiger partial charge on any atom is 0.341 e. The van der Waals surface area contributed by atoms with Gasteiger partial charge in [0, 0.05) is 11.6 Å². The minimum absolute atomic E-state index is 0.0906. The first-order valence-electron chi connectivity index (χ1n) is 6.67.